The summed E-state index contributed by atoms with van der Waals surface area (Å²) >= 11 is 5.52. The second-order valence-electron chi connectivity index (χ2n) is 3.64. The van der Waals surface area contributed by atoms with Crippen LogP contribution in [0.4, 0.5) is 4.39 Å². The lowest BCUT2D eigenvalue weighted by Gasteiger charge is -2.06. The molecule has 2 rings (SSSR count). The van der Waals surface area contributed by atoms with Crippen LogP contribution in [0, 0.1) is 5.82 Å². The number of benzene rings is 1. The molecule has 0 aliphatic rings. The van der Waals surface area contributed by atoms with Crippen LogP contribution < -0.4 is 4.74 Å². The molecule has 2 aromatic rings. The van der Waals surface area contributed by atoms with Crippen LogP contribution in [0.25, 0.3) is 0 Å². The maximum absolute atomic E-state index is 13.4. The standard InChI is InChI=1S/C11H8ClFN2O3S/c1-19(16,17)8-4-2-3-7(5-8)18-10-9(13)6-14-11(12)15-10/h2-6H,1H3. The molecule has 0 bridgehead atoms. The van der Waals surface area contributed by atoms with E-state index >= 15 is 0 Å². The van der Waals surface area contributed by atoms with Gasteiger partial charge in [-0.05, 0) is 29.8 Å². The maximum Gasteiger partial charge on any atom is 0.260 e. The molecule has 5 nitrogen and oxygen atoms in total. The number of ether oxygens (including phenoxy) is 1. The third-order valence-electron chi connectivity index (χ3n) is 2.13. The molecule has 0 saturated heterocycles. The molecule has 19 heavy (non-hydrogen) atoms. The molecular formula is C11H8ClFN2O3S. The summed E-state index contributed by atoms with van der Waals surface area (Å²) in [6.07, 6.45) is 1.93. The lowest BCUT2D eigenvalue weighted by molar-refractivity contribution is 0.418. The second-order valence-corrected chi connectivity index (χ2v) is 6.00. The van der Waals surface area contributed by atoms with Crippen LogP contribution in [-0.4, -0.2) is 24.6 Å². The molecule has 0 fully saturated rings. The van der Waals surface area contributed by atoms with Crippen molar-refractivity contribution < 1.29 is 17.5 Å². The van der Waals surface area contributed by atoms with Crippen LogP contribution in [0.1, 0.15) is 0 Å². The zero-order chi connectivity index (χ0) is 14.0. The van der Waals surface area contributed by atoms with E-state index in [2.05, 4.69) is 9.97 Å². The Morgan fingerprint density at radius 2 is 2.11 bits per heavy atom. The van der Waals surface area contributed by atoms with Crippen molar-refractivity contribution in [2.75, 3.05) is 6.26 Å². The van der Waals surface area contributed by atoms with Crippen LogP contribution in [0.15, 0.2) is 35.4 Å². The number of nitrogens with zero attached hydrogens (tertiary/aromatic N) is 2. The van der Waals surface area contributed by atoms with Gasteiger partial charge in [-0.1, -0.05) is 6.07 Å². The Balaban J connectivity index is 2.36. The fourth-order valence-corrected chi connectivity index (χ4v) is 2.06. The van der Waals surface area contributed by atoms with Gasteiger partial charge in [0.25, 0.3) is 5.88 Å². The molecule has 0 aliphatic heterocycles. The summed E-state index contributed by atoms with van der Waals surface area (Å²) in [5, 5.41) is -0.171. The fourth-order valence-electron chi connectivity index (χ4n) is 1.28. The number of rotatable bonds is 3. The molecule has 1 aromatic heterocycles. The van der Waals surface area contributed by atoms with Gasteiger partial charge < -0.3 is 4.74 Å². The molecule has 1 aromatic carbocycles. The Bertz CT molecular complexity index is 722. The monoisotopic (exact) mass is 302 g/mol. The summed E-state index contributed by atoms with van der Waals surface area (Å²) in [6.45, 7) is 0. The molecule has 0 aliphatic carbocycles. The molecule has 0 atom stereocenters. The lowest BCUT2D eigenvalue weighted by Crippen LogP contribution is -1.98. The van der Waals surface area contributed by atoms with Crippen molar-refractivity contribution in [2.45, 2.75) is 4.90 Å². The van der Waals surface area contributed by atoms with Crippen LogP contribution in [0.3, 0.4) is 0 Å². The van der Waals surface area contributed by atoms with E-state index in [-0.39, 0.29) is 21.8 Å². The third kappa shape index (κ3) is 3.39. The van der Waals surface area contributed by atoms with Gasteiger partial charge in [0.05, 0.1) is 11.1 Å². The molecule has 0 amide bonds. The summed E-state index contributed by atoms with van der Waals surface area (Å²) in [5.74, 6) is -1.03. The van der Waals surface area contributed by atoms with Gasteiger partial charge in [-0.2, -0.15) is 9.37 Å². The van der Waals surface area contributed by atoms with E-state index in [1.54, 1.807) is 0 Å². The molecule has 8 heteroatoms. The number of sulfone groups is 1. The first-order valence-electron chi connectivity index (χ1n) is 5.02. The van der Waals surface area contributed by atoms with Crippen molar-refractivity contribution in [1.82, 2.24) is 9.97 Å². The number of hydrogen-bond acceptors (Lipinski definition) is 5. The highest BCUT2D eigenvalue weighted by Crippen LogP contribution is 2.25. The van der Waals surface area contributed by atoms with Gasteiger partial charge in [0, 0.05) is 6.26 Å². The number of aromatic nitrogens is 2. The second kappa shape index (κ2) is 5.10. The van der Waals surface area contributed by atoms with Crippen LogP contribution in [0.5, 0.6) is 11.6 Å². The highest BCUT2D eigenvalue weighted by molar-refractivity contribution is 7.90. The third-order valence-corrected chi connectivity index (χ3v) is 3.42. The minimum absolute atomic E-state index is 0.0607. The topological polar surface area (TPSA) is 69.2 Å². The molecule has 0 N–H and O–H groups in total. The lowest BCUT2D eigenvalue weighted by atomic mass is 10.3. The first kappa shape index (κ1) is 13.7. The highest BCUT2D eigenvalue weighted by atomic mass is 35.5. The van der Waals surface area contributed by atoms with Crippen molar-refractivity contribution in [2.24, 2.45) is 0 Å². The predicted octanol–water partition coefficient (Wildman–Crippen LogP) is 2.46. The predicted molar refractivity (Wildman–Crippen MR) is 66.6 cm³/mol. The molecule has 0 radical (unpaired) electrons. The largest absolute Gasteiger partial charge is 0.436 e. The minimum Gasteiger partial charge on any atom is -0.436 e. The Hall–Kier alpha value is -1.73. The van der Waals surface area contributed by atoms with Gasteiger partial charge in [0.1, 0.15) is 5.75 Å². The summed E-state index contributed by atoms with van der Waals surface area (Å²) in [7, 11) is -3.37. The van der Waals surface area contributed by atoms with Crippen LogP contribution in [-0.2, 0) is 9.84 Å². The minimum atomic E-state index is -3.37. The van der Waals surface area contributed by atoms with E-state index in [4.69, 9.17) is 16.3 Å². The van der Waals surface area contributed by atoms with E-state index < -0.39 is 15.7 Å². The highest BCUT2D eigenvalue weighted by Gasteiger charge is 2.11. The van der Waals surface area contributed by atoms with Crippen molar-refractivity contribution in [3.05, 3.63) is 41.6 Å². The number of halogens is 2. The van der Waals surface area contributed by atoms with E-state index in [0.29, 0.717) is 0 Å². The molecular weight excluding hydrogens is 295 g/mol. The van der Waals surface area contributed by atoms with Gasteiger partial charge in [0.2, 0.25) is 11.1 Å². The van der Waals surface area contributed by atoms with Gasteiger partial charge in [-0.15, -0.1) is 0 Å². The molecule has 1 heterocycles. The van der Waals surface area contributed by atoms with Crippen LogP contribution >= 0.6 is 11.6 Å². The van der Waals surface area contributed by atoms with Gasteiger partial charge in [0.15, 0.2) is 9.84 Å². The van der Waals surface area contributed by atoms with Crippen LogP contribution in [0.2, 0.25) is 5.28 Å². The van der Waals surface area contributed by atoms with Crippen molar-refractivity contribution in [3.63, 3.8) is 0 Å². The SMILES string of the molecule is CS(=O)(=O)c1cccc(Oc2nc(Cl)ncc2F)c1. The fraction of sp³-hybridized carbons (Fsp3) is 0.0909. The summed E-state index contributed by atoms with van der Waals surface area (Å²) < 4.78 is 41.3. The van der Waals surface area contributed by atoms with Gasteiger partial charge in [-0.3, -0.25) is 0 Å². The van der Waals surface area contributed by atoms with E-state index in [0.717, 1.165) is 12.5 Å². The van der Waals surface area contributed by atoms with E-state index in [1.165, 1.54) is 24.3 Å². The maximum atomic E-state index is 13.4. The molecule has 0 spiro atoms. The first-order chi connectivity index (χ1) is 8.86. The van der Waals surface area contributed by atoms with E-state index in [1.807, 2.05) is 0 Å². The summed E-state index contributed by atoms with van der Waals surface area (Å²) in [6, 6.07) is 5.63. The van der Waals surface area contributed by atoms with Gasteiger partial charge >= 0.3 is 0 Å². The first-order valence-corrected chi connectivity index (χ1v) is 7.29. The number of hydrogen-bond donors (Lipinski definition) is 0. The average molecular weight is 303 g/mol. The summed E-state index contributed by atoms with van der Waals surface area (Å²) in [4.78, 5) is 7.07. The van der Waals surface area contributed by atoms with Gasteiger partial charge in [-0.25, -0.2) is 13.4 Å². The average Bonchev–Trinajstić information content (AvgIpc) is 2.33. The van der Waals surface area contributed by atoms with Crippen molar-refractivity contribution in [1.29, 1.82) is 0 Å². The Kier molecular flexibility index (Phi) is 3.68. The molecule has 0 saturated carbocycles. The quantitative estimate of drug-likeness (QED) is 0.815. The smallest absolute Gasteiger partial charge is 0.260 e. The zero-order valence-electron chi connectivity index (χ0n) is 9.67. The zero-order valence-corrected chi connectivity index (χ0v) is 11.2. The van der Waals surface area contributed by atoms with E-state index in [9.17, 15) is 12.8 Å². The Morgan fingerprint density at radius 3 is 2.79 bits per heavy atom. The molecule has 0 unspecified atom stereocenters. The Morgan fingerprint density at radius 1 is 1.37 bits per heavy atom. The molecule has 100 valence electrons. The van der Waals surface area contributed by atoms with Crippen molar-refractivity contribution in [3.8, 4) is 11.6 Å². The van der Waals surface area contributed by atoms with Crippen molar-refractivity contribution >= 4 is 21.4 Å². The summed E-state index contributed by atoms with van der Waals surface area (Å²) in [5.41, 5.74) is 0. The Labute approximate surface area is 114 Å². The normalized spacial score (nSPS) is 11.3.